The van der Waals surface area contributed by atoms with Crippen LogP contribution in [0.5, 0.6) is 0 Å². The van der Waals surface area contributed by atoms with Gasteiger partial charge in [-0.25, -0.2) is 0 Å². The summed E-state index contributed by atoms with van der Waals surface area (Å²) in [5.41, 5.74) is 0.770. The van der Waals surface area contributed by atoms with Crippen LogP contribution in [0, 0.1) is 12.8 Å². The lowest BCUT2D eigenvalue weighted by Crippen LogP contribution is -2.37. The van der Waals surface area contributed by atoms with Gasteiger partial charge in [0.2, 0.25) is 5.91 Å². The van der Waals surface area contributed by atoms with Crippen molar-refractivity contribution in [3.05, 3.63) is 12.0 Å². The minimum absolute atomic E-state index is 0.0101. The van der Waals surface area contributed by atoms with Gasteiger partial charge < -0.3 is 9.73 Å². The van der Waals surface area contributed by atoms with Gasteiger partial charge in [0, 0.05) is 6.54 Å². The van der Waals surface area contributed by atoms with E-state index in [1.807, 2.05) is 6.92 Å². The van der Waals surface area contributed by atoms with Gasteiger partial charge in [-0.3, -0.25) is 10.1 Å². The summed E-state index contributed by atoms with van der Waals surface area (Å²) in [5.74, 6) is 0.0232. The first-order chi connectivity index (χ1) is 7.25. The molecule has 0 aliphatic carbocycles. The van der Waals surface area contributed by atoms with E-state index in [2.05, 4.69) is 15.6 Å². The van der Waals surface area contributed by atoms with Gasteiger partial charge in [0.25, 0.3) is 0 Å². The third kappa shape index (κ3) is 2.56. The van der Waals surface area contributed by atoms with Crippen molar-refractivity contribution in [2.24, 2.45) is 5.92 Å². The summed E-state index contributed by atoms with van der Waals surface area (Å²) in [6.45, 7) is 3.56. The Morgan fingerprint density at radius 3 is 3.20 bits per heavy atom. The van der Waals surface area contributed by atoms with Crippen LogP contribution in [-0.2, 0) is 4.79 Å². The first kappa shape index (κ1) is 10.2. The highest BCUT2D eigenvalue weighted by atomic mass is 16.4. The topological polar surface area (TPSA) is 67.2 Å². The minimum atomic E-state index is -0.0101. The summed E-state index contributed by atoms with van der Waals surface area (Å²) in [6.07, 6.45) is 3.50. The molecular weight excluding hydrogens is 194 g/mol. The number of aromatic nitrogens is 1. The van der Waals surface area contributed by atoms with Gasteiger partial charge in [-0.1, -0.05) is 0 Å². The largest absolute Gasteiger partial charge is 0.432 e. The molecule has 1 atom stereocenters. The van der Waals surface area contributed by atoms with Crippen LogP contribution in [0.25, 0.3) is 0 Å². The number of carbonyl (C=O) groups excluding carboxylic acids is 1. The lowest BCUT2D eigenvalue weighted by molar-refractivity contribution is -0.120. The van der Waals surface area contributed by atoms with E-state index in [4.69, 9.17) is 4.42 Å². The van der Waals surface area contributed by atoms with Gasteiger partial charge in [0.15, 0.2) is 0 Å². The summed E-state index contributed by atoms with van der Waals surface area (Å²) < 4.78 is 5.06. The minimum Gasteiger partial charge on any atom is -0.432 e. The number of hydrogen-bond donors (Lipinski definition) is 2. The predicted molar refractivity (Wildman–Crippen MR) is 55.5 cm³/mol. The summed E-state index contributed by atoms with van der Waals surface area (Å²) in [4.78, 5) is 15.8. The third-order valence-corrected chi connectivity index (χ3v) is 2.52. The molecule has 2 heterocycles. The first-order valence-electron chi connectivity index (χ1n) is 5.19. The molecule has 1 saturated heterocycles. The molecule has 0 saturated carbocycles. The fourth-order valence-electron chi connectivity index (χ4n) is 1.69. The molecule has 1 amide bonds. The van der Waals surface area contributed by atoms with Crippen LogP contribution in [0.2, 0.25) is 0 Å². The van der Waals surface area contributed by atoms with Crippen LogP contribution in [0.15, 0.2) is 10.7 Å². The van der Waals surface area contributed by atoms with Gasteiger partial charge in [0.1, 0.15) is 6.26 Å². The Morgan fingerprint density at radius 2 is 2.60 bits per heavy atom. The zero-order chi connectivity index (χ0) is 10.7. The van der Waals surface area contributed by atoms with Crippen molar-refractivity contribution in [3.63, 3.8) is 0 Å². The molecule has 1 aromatic rings. The second-order valence-electron chi connectivity index (χ2n) is 3.83. The van der Waals surface area contributed by atoms with Crippen molar-refractivity contribution in [2.75, 3.05) is 18.4 Å². The van der Waals surface area contributed by atoms with E-state index in [-0.39, 0.29) is 11.8 Å². The molecule has 1 aliphatic rings. The number of rotatable bonds is 2. The quantitative estimate of drug-likeness (QED) is 0.760. The number of hydrogen-bond acceptors (Lipinski definition) is 4. The zero-order valence-electron chi connectivity index (χ0n) is 8.75. The van der Waals surface area contributed by atoms with Crippen molar-refractivity contribution in [3.8, 4) is 0 Å². The molecule has 0 unspecified atom stereocenters. The maximum Gasteiger partial charge on any atom is 0.301 e. The van der Waals surface area contributed by atoms with Crippen LogP contribution in [0.1, 0.15) is 18.5 Å². The van der Waals surface area contributed by atoms with Crippen LogP contribution in [-0.4, -0.2) is 24.0 Å². The molecule has 0 spiro atoms. The average molecular weight is 209 g/mol. The van der Waals surface area contributed by atoms with Crippen molar-refractivity contribution >= 4 is 11.9 Å². The molecule has 0 bridgehead atoms. The Labute approximate surface area is 88.3 Å². The van der Waals surface area contributed by atoms with E-state index >= 15 is 0 Å². The third-order valence-electron chi connectivity index (χ3n) is 2.52. The number of nitrogens with one attached hydrogen (secondary N) is 2. The number of piperidine rings is 1. The van der Waals surface area contributed by atoms with Crippen LogP contribution in [0.3, 0.4) is 0 Å². The van der Waals surface area contributed by atoms with Gasteiger partial charge >= 0.3 is 6.01 Å². The van der Waals surface area contributed by atoms with E-state index in [1.165, 1.54) is 6.26 Å². The van der Waals surface area contributed by atoms with Gasteiger partial charge in [0.05, 0.1) is 11.6 Å². The van der Waals surface area contributed by atoms with E-state index in [0.29, 0.717) is 6.01 Å². The molecule has 1 aliphatic heterocycles. The monoisotopic (exact) mass is 209 g/mol. The van der Waals surface area contributed by atoms with Crippen molar-refractivity contribution in [2.45, 2.75) is 19.8 Å². The number of carbonyl (C=O) groups is 1. The standard InChI is InChI=1S/C10H15N3O2/c1-7-6-15-10(12-7)13-9(14)8-3-2-4-11-5-8/h6,8,11H,2-5H2,1H3,(H,12,13,14)/t8-/m1/s1. The Kier molecular flexibility index (Phi) is 3.01. The normalized spacial score (nSPS) is 21.3. The number of anilines is 1. The molecule has 1 aromatic heterocycles. The van der Waals surface area contributed by atoms with Crippen molar-refractivity contribution in [1.29, 1.82) is 0 Å². The highest BCUT2D eigenvalue weighted by Crippen LogP contribution is 2.13. The summed E-state index contributed by atoms with van der Waals surface area (Å²) >= 11 is 0. The second kappa shape index (κ2) is 4.44. The lowest BCUT2D eigenvalue weighted by atomic mass is 9.99. The second-order valence-corrected chi connectivity index (χ2v) is 3.83. The van der Waals surface area contributed by atoms with Crippen molar-refractivity contribution < 1.29 is 9.21 Å². The molecule has 1 fully saturated rings. The highest BCUT2D eigenvalue weighted by Gasteiger charge is 2.21. The van der Waals surface area contributed by atoms with E-state index in [0.717, 1.165) is 31.6 Å². The van der Waals surface area contributed by atoms with E-state index in [1.54, 1.807) is 0 Å². The van der Waals surface area contributed by atoms with E-state index in [9.17, 15) is 4.79 Å². The SMILES string of the molecule is Cc1coc(NC(=O)[C@@H]2CCCNC2)n1. The van der Waals surface area contributed by atoms with Crippen LogP contribution >= 0.6 is 0 Å². The molecule has 82 valence electrons. The molecular formula is C10H15N3O2. The Morgan fingerprint density at radius 1 is 1.73 bits per heavy atom. The maximum atomic E-state index is 11.7. The van der Waals surface area contributed by atoms with Crippen LogP contribution in [0.4, 0.5) is 6.01 Å². The number of amides is 1. The molecule has 0 radical (unpaired) electrons. The number of aryl methyl sites for hydroxylation is 1. The fourth-order valence-corrected chi connectivity index (χ4v) is 1.69. The number of oxazole rings is 1. The zero-order valence-corrected chi connectivity index (χ0v) is 8.75. The number of nitrogens with zero attached hydrogens (tertiary/aromatic N) is 1. The summed E-state index contributed by atoms with van der Waals surface area (Å²) in [6, 6.07) is 0.295. The lowest BCUT2D eigenvalue weighted by Gasteiger charge is -2.20. The van der Waals surface area contributed by atoms with Crippen molar-refractivity contribution in [1.82, 2.24) is 10.3 Å². The summed E-state index contributed by atoms with van der Waals surface area (Å²) in [5, 5.41) is 5.87. The first-order valence-corrected chi connectivity index (χ1v) is 5.19. The smallest absolute Gasteiger partial charge is 0.301 e. The molecule has 5 nitrogen and oxygen atoms in total. The maximum absolute atomic E-state index is 11.7. The Bertz CT molecular complexity index is 342. The molecule has 2 rings (SSSR count). The van der Waals surface area contributed by atoms with Gasteiger partial charge in [-0.05, 0) is 26.3 Å². The summed E-state index contributed by atoms with van der Waals surface area (Å²) in [7, 11) is 0. The molecule has 5 heteroatoms. The molecule has 2 N–H and O–H groups in total. The Hall–Kier alpha value is -1.36. The Balaban J connectivity index is 1.91. The highest BCUT2D eigenvalue weighted by molar-refractivity contribution is 5.90. The van der Waals surface area contributed by atoms with E-state index < -0.39 is 0 Å². The average Bonchev–Trinajstić information content (AvgIpc) is 2.65. The van der Waals surface area contributed by atoms with Crippen LogP contribution < -0.4 is 10.6 Å². The fraction of sp³-hybridized carbons (Fsp3) is 0.600. The van der Waals surface area contributed by atoms with Gasteiger partial charge in [-0.2, -0.15) is 4.98 Å². The molecule has 0 aromatic carbocycles. The van der Waals surface area contributed by atoms with Gasteiger partial charge in [-0.15, -0.1) is 0 Å². The molecule has 15 heavy (non-hydrogen) atoms. The predicted octanol–water partition coefficient (Wildman–Crippen LogP) is 0.921.